The lowest BCUT2D eigenvalue weighted by molar-refractivity contribution is 0.0990. The lowest BCUT2D eigenvalue weighted by Crippen LogP contribution is -2.29. The Labute approximate surface area is 134 Å². The van der Waals surface area contributed by atoms with E-state index in [0.717, 1.165) is 21.4 Å². The first-order valence-electron chi connectivity index (χ1n) is 6.94. The zero-order chi connectivity index (χ0) is 16.2. The van der Waals surface area contributed by atoms with E-state index in [1.54, 1.807) is 22.8 Å². The van der Waals surface area contributed by atoms with Crippen molar-refractivity contribution in [2.45, 2.75) is 27.7 Å². The van der Waals surface area contributed by atoms with Crippen LogP contribution in [0.3, 0.4) is 0 Å². The Kier molecular flexibility index (Phi) is 6.15. The maximum Gasteiger partial charge on any atom is 0.259 e. The van der Waals surface area contributed by atoms with Gasteiger partial charge in [-0.2, -0.15) is 5.10 Å². The fraction of sp³-hybridized carbons (Fsp3) is 0.375. The second kappa shape index (κ2) is 7.41. The molecule has 0 bridgehead atoms. The van der Waals surface area contributed by atoms with Gasteiger partial charge in [0.1, 0.15) is 5.82 Å². The van der Waals surface area contributed by atoms with Crippen LogP contribution in [0.15, 0.2) is 28.9 Å². The minimum Gasteiger partial charge on any atom is -0.296 e. The standard InChI is InChI=1S/C14H16BrN3O.C2H6/c1-9-7-11(10(2)12(15)8-9)14(19)17(3)13-5-6-16-18(13)4;1-2/h5-8H,1-4H3;1-2H3. The number of nitrogens with zero attached hydrogens (tertiary/aromatic N) is 3. The quantitative estimate of drug-likeness (QED) is 0.816. The maximum atomic E-state index is 12.6. The van der Waals surface area contributed by atoms with Gasteiger partial charge in [0.05, 0.1) is 6.20 Å². The Morgan fingerprint density at radius 1 is 1.29 bits per heavy atom. The van der Waals surface area contributed by atoms with E-state index < -0.39 is 0 Å². The summed E-state index contributed by atoms with van der Waals surface area (Å²) in [5.74, 6) is 0.729. The first-order chi connectivity index (χ1) is 9.91. The van der Waals surface area contributed by atoms with Crippen molar-refractivity contribution in [2.75, 3.05) is 11.9 Å². The lowest BCUT2D eigenvalue weighted by Gasteiger charge is -2.19. The average molecular weight is 352 g/mol. The van der Waals surface area contributed by atoms with Crippen LogP contribution in [0.2, 0.25) is 0 Å². The first kappa shape index (κ1) is 17.4. The third-order valence-electron chi connectivity index (χ3n) is 3.16. The zero-order valence-corrected chi connectivity index (χ0v) is 15.0. The number of carbonyl (C=O) groups is 1. The molecular formula is C16H22BrN3O. The molecule has 0 aliphatic carbocycles. The Hall–Kier alpha value is -1.62. The number of carbonyl (C=O) groups excluding carboxylic acids is 1. The summed E-state index contributed by atoms with van der Waals surface area (Å²) in [6.07, 6.45) is 1.68. The van der Waals surface area contributed by atoms with Gasteiger partial charge < -0.3 is 0 Å². The number of rotatable bonds is 2. The third-order valence-corrected chi connectivity index (χ3v) is 3.99. The summed E-state index contributed by atoms with van der Waals surface area (Å²) in [7, 11) is 3.58. The van der Waals surface area contributed by atoms with E-state index in [4.69, 9.17) is 0 Å². The van der Waals surface area contributed by atoms with E-state index in [9.17, 15) is 4.79 Å². The number of halogens is 1. The lowest BCUT2D eigenvalue weighted by atomic mass is 10.0. The minimum absolute atomic E-state index is 0.0366. The number of anilines is 1. The van der Waals surface area contributed by atoms with Crippen molar-refractivity contribution >= 4 is 27.7 Å². The largest absolute Gasteiger partial charge is 0.296 e. The number of amides is 1. The Bertz CT molecular complexity index is 634. The van der Waals surface area contributed by atoms with E-state index in [2.05, 4.69) is 21.0 Å². The molecule has 21 heavy (non-hydrogen) atoms. The topological polar surface area (TPSA) is 38.1 Å². The van der Waals surface area contributed by atoms with E-state index in [0.29, 0.717) is 5.56 Å². The van der Waals surface area contributed by atoms with E-state index in [-0.39, 0.29) is 5.91 Å². The summed E-state index contributed by atoms with van der Waals surface area (Å²) in [4.78, 5) is 14.2. The molecule has 1 aromatic carbocycles. The molecule has 1 amide bonds. The molecule has 1 aromatic heterocycles. The van der Waals surface area contributed by atoms with Gasteiger partial charge in [0.15, 0.2) is 0 Å². The molecular weight excluding hydrogens is 330 g/mol. The van der Waals surface area contributed by atoms with Crippen molar-refractivity contribution in [3.63, 3.8) is 0 Å². The van der Waals surface area contributed by atoms with Gasteiger partial charge in [0.25, 0.3) is 5.91 Å². The van der Waals surface area contributed by atoms with Gasteiger partial charge >= 0.3 is 0 Å². The number of aromatic nitrogens is 2. The van der Waals surface area contributed by atoms with Crippen LogP contribution in [0.25, 0.3) is 0 Å². The van der Waals surface area contributed by atoms with Crippen LogP contribution in [-0.4, -0.2) is 22.7 Å². The van der Waals surface area contributed by atoms with E-state index in [1.165, 1.54) is 0 Å². The fourth-order valence-electron chi connectivity index (χ4n) is 2.02. The summed E-state index contributed by atoms with van der Waals surface area (Å²) in [5, 5.41) is 4.08. The van der Waals surface area contributed by atoms with Crippen molar-refractivity contribution < 1.29 is 4.79 Å². The summed E-state index contributed by atoms with van der Waals surface area (Å²) in [6.45, 7) is 7.92. The molecule has 1 heterocycles. The molecule has 0 radical (unpaired) electrons. The van der Waals surface area contributed by atoms with E-state index >= 15 is 0 Å². The molecule has 0 spiro atoms. The van der Waals surface area contributed by atoms with Crippen LogP contribution in [0.1, 0.15) is 35.3 Å². The van der Waals surface area contributed by atoms with Crippen LogP contribution in [0, 0.1) is 13.8 Å². The average Bonchev–Trinajstić information content (AvgIpc) is 2.89. The monoisotopic (exact) mass is 351 g/mol. The molecule has 0 aliphatic heterocycles. The zero-order valence-electron chi connectivity index (χ0n) is 13.4. The predicted molar refractivity (Wildman–Crippen MR) is 90.9 cm³/mol. The Morgan fingerprint density at radius 2 is 1.90 bits per heavy atom. The highest BCUT2D eigenvalue weighted by Crippen LogP contribution is 2.24. The molecule has 0 saturated heterocycles. The first-order valence-corrected chi connectivity index (χ1v) is 7.74. The molecule has 4 nitrogen and oxygen atoms in total. The smallest absolute Gasteiger partial charge is 0.259 e. The van der Waals surface area contributed by atoms with Crippen LogP contribution in [-0.2, 0) is 7.05 Å². The van der Waals surface area contributed by atoms with E-state index in [1.807, 2.05) is 52.9 Å². The summed E-state index contributed by atoms with van der Waals surface area (Å²) >= 11 is 3.49. The summed E-state index contributed by atoms with van der Waals surface area (Å²) in [6, 6.07) is 5.74. The molecule has 0 saturated carbocycles. The Morgan fingerprint density at radius 3 is 2.43 bits per heavy atom. The highest BCUT2D eigenvalue weighted by Gasteiger charge is 2.19. The van der Waals surface area contributed by atoms with Gasteiger partial charge in [-0.25, -0.2) is 0 Å². The summed E-state index contributed by atoms with van der Waals surface area (Å²) in [5.41, 5.74) is 2.71. The van der Waals surface area contributed by atoms with Gasteiger partial charge in [-0.05, 0) is 37.1 Å². The number of aryl methyl sites for hydroxylation is 2. The number of hydrogen-bond acceptors (Lipinski definition) is 2. The van der Waals surface area contributed by atoms with Crippen LogP contribution in [0.5, 0.6) is 0 Å². The highest BCUT2D eigenvalue weighted by atomic mass is 79.9. The highest BCUT2D eigenvalue weighted by molar-refractivity contribution is 9.10. The molecule has 0 N–H and O–H groups in total. The number of hydrogen-bond donors (Lipinski definition) is 0. The van der Waals surface area contributed by atoms with Crippen molar-refractivity contribution in [3.05, 3.63) is 45.6 Å². The third kappa shape index (κ3) is 3.73. The fourth-order valence-corrected chi connectivity index (χ4v) is 2.59. The maximum absolute atomic E-state index is 12.6. The second-order valence-electron chi connectivity index (χ2n) is 4.60. The predicted octanol–water partition coefficient (Wildman–Crippen LogP) is 4.10. The van der Waals surface area contributed by atoms with Crippen LogP contribution in [0.4, 0.5) is 5.82 Å². The SMILES string of the molecule is CC.Cc1cc(Br)c(C)c(C(=O)N(C)c2ccnn2C)c1. The van der Waals surface area contributed by atoms with Crippen molar-refractivity contribution in [2.24, 2.45) is 7.05 Å². The Balaban J connectivity index is 0.00000106. The van der Waals surface area contributed by atoms with Gasteiger partial charge in [-0.3, -0.25) is 14.4 Å². The molecule has 2 aromatic rings. The van der Waals surface area contributed by atoms with Crippen LogP contribution < -0.4 is 4.90 Å². The number of benzene rings is 1. The summed E-state index contributed by atoms with van der Waals surface area (Å²) < 4.78 is 2.63. The van der Waals surface area contributed by atoms with Gasteiger partial charge in [-0.15, -0.1) is 0 Å². The normalized spacial score (nSPS) is 9.86. The van der Waals surface area contributed by atoms with Crippen molar-refractivity contribution in [3.8, 4) is 0 Å². The molecule has 0 atom stereocenters. The molecule has 0 fully saturated rings. The van der Waals surface area contributed by atoms with Gasteiger partial charge in [0, 0.05) is 30.2 Å². The molecule has 2 rings (SSSR count). The van der Waals surface area contributed by atoms with Gasteiger partial charge in [-0.1, -0.05) is 29.8 Å². The van der Waals surface area contributed by atoms with Crippen molar-refractivity contribution in [1.82, 2.24) is 9.78 Å². The molecule has 0 aliphatic rings. The molecule has 5 heteroatoms. The second-order valence-corrected chi connectivity index (χ2v) is 5.45. The molecule has 0 unspecified atom stereocenters. The molecule has 114 valence electrons. The minimum atomic E-state index is -0.0366. The van der Waals surface area contributed by atoms with Gasteiger partial charge in [0.2, 0.25) is 0 Å². The van der Waals surface area contributed by atoms with Crippen molar-refractivity contribution in [1.29, 1.82) is 0 Å². The van der Waals surface area contributed by atoms with Crippen LogP contribution >= 0.6 is 15.9 Å².